The van der Waals surface area contributed by atoms with Gasteiger partial charge in [0.25, 0.3) is 0 Å². The SMILES string of the molecule is CCCC(NC(=O)CC(CN)CC(C)C)c1cccs1. The highest BCUT2D eigenvalue weighted by atomic mass is 32.1. The molecule has 0 aliphatic carbocycles. The maximum atomic E-state index is 12.2. The van der Waals surface area contributed by atoms with E-state index in [-0.39, 0.29) is 11.9 Å². The van der Waals surface area contributed by atoms with Gasteiger partial charge in [-0.2, -0.15) is 0 Å². The highest BCUT2D eigenvalue weighted by Crippen LogP contribution is 2.24. The quantitative estimate of drug-likeness (QED) is 0.729. The van der Waals surface area contributed by atoms with Crippen molar-refractivity contribution in [3.8, 4) is 0 Å². The summed E-state index contributed by atoms with van der Waals surface area (Å²) in [5, 5.41) is 5.24. The molecule has 4 heteroatoms. The van der Waals surface area contributed by atoms with Crippen LogP contribution in [0, 0.1) is 11.8 Å². The van der Waals surface area contributed by atoms with E-state index in [0.29, 0.717) is 24.8 Å². The Kier molecular flexibility index (Phi) is 7.85. The molecule has 1 aromatic rings. The zero-order chi connectivity index (χ0) is 15.0. The highest BCUT2D eigenvalue weighted by Gasteiger charge is 2.18. The second-order valence-electron chi connectivity index (χ2n) is 5.86. The first-order chi connectivity index (χ1) is 9.56. The van der Waals surface area contributed by atoms with Crippen LogP contribution < -0.4 is 11.1 Å². The molecule has 1 aromatic heterocycles. The van der Waals surface area contributed by atoms with Crippen LogP contribution in [-0.4, -0.2) is 12.5 Å². The Balaban J connectivity index is 2.53. The summed E-state index contributed by atoms with van der Waals surface area (Å²) in [6, 6.07) is 4.29. The van der Waals surface area contributed by atoms with Crippen molar-refractivity contribution >= 4 is 17.2 Å². The van der Waals surface area contributed by atoms with Crippen molar-refractivity contribution in [3.05, 3.63) is 22.4 Å². The second-order valence-corrected chi connectivity index (χ2v) is 6.84. The maximum Gasteiger partial charge on any atom is 0.220 e. The van der Waals surface area contributed by atoms with Crippen LogP contribution in [-0.2, 0) is 4.79 Å². The lowest BCUT2D eigenvalue weighted by Crippen LogP contribution is -2.31. The van der Waals surface area contributed by atoms with Crippen molar-refractivity contribution in [1.82, 2.24) is 5.32 Å². The number of nitrogens with one attached hydrogen (secondary N) is 1. The van der Waals surface area contributed by atoms with Crippen molar-refractivity contribution in [2.75, 3.05) is 6.54 Å². The summed E-state index contributed by atoms with van der Waals surface area (Å²) >= 11 is 1.71. The normalized spacial score (nSPS) is 14.2. The number of rotatable bonds is 9. The van der Waals surface area contributed by atoms with E-state index in [9.17, 15) is 4.79 Å². The molecule has 1 heterocycles. The van der Waals surface area contributed by atoms with Crippen LogP contribution in [0.5, 0.6) is 0 Å². The number of thiophene rings is 1. The van der Waals surface area contributed by atoms with Gasteiger partial charge in [0.15, 0.2) is 0 Å². The lowest BCUT2D eigenvalue weighted by molar-refractivity contribution is -0.122. The van der Waals surface area contributed by atoms with Gasteiger partial charge in [-0.05, 0) is 42.7 Å². The zero-order valence-electron chi connectivity index (χ0n) is 12.9. The lowest BCUT2D eigenvalue weighted by atomic mass is 9.94. The molecule has 0 saturated heterocycles. The minimum atomic E-state index is 0.132. The first-order valence-electron chi connectivity index (χ1n) is 7.59. The number of carbonyl (C=O) groups excluding carboxylic acids is 1. The smallest absolute Gasteiger partial charge is 0.220 e. The van der Waals surface area contributed by atoms with Gasteiger partial charge in [-0.15, -0.1) is 11.3 Å². The Morgan fingerprint density at radius 1 is 1.45 bits per heavy atom. The van der Waals surface area contributed by atoms with Gasteiger partial charge in [0.05, 0.1) is 6.04 Å². The minimum Gasteiger partial charge on any atom is -0.348 e. The summed E-state index contributed by atoms with van der Waals surface area (Å²) in [6.45, 7) is 7.08. The van der Waals surface area contributed by atoms with Gasteiger partial charge in [0.1, 0.15) is 0 Å². The molecular weight excluding hydrogens is 268 g/mol. The molecule has 2 unspecified atom stereocenters. The van der Waals surface area contributed by atoms with E-state index in [0.717, 1.165) is 19.3 Å². The fourth-order valence-corrected chi connectivity index (χ4v) is 3.32. The number of hydrogen-bond acceptors (Lipinski definition) is 3. The molecule has 114 valence electrons. The Morgan fingerprint density at radius 3 is 2.70 bits per heavy atom. The minimum absolute atomic E-state index is 0.132. The van der Waals surface area contributed by atoms with E-state index in [1.807, 2.05) is 6.07 Å². The van der Waals surface area contributed by atoms with Gasteiger partial charge in [-0.1, -0.05) is 33.3 Å². The maximum absolute atomic E-state index is 12.2. The van der Waals surface area contributed by atoms with Crippen LogP contribution >= 0.6 is 11.3 Å². The molecule has 3 nitrogen and oxygen atoms in total. The number of amides is 1. The Morgan fingerprint density at radius 2 is 2.20 bits per heavy atom. The van der Waals surface area contributed by atoms with Crippen molar-refractivity contribution in [2.45, 2.75) is 52.5 Å². The van der Waals surface area contributed by atoms with E-state index < -0.39 is 0 Å². The molecule has 0 aliphatic heterocycles. The van der Waals surface area contributed by atoms with Crippen molar-refractivity contribution in [3.63, 3.8) is 0 Å². The molecule has 0 radical (unpaired) electrons. The average Bonchev–Trinajstić information content (AvgIpc) is 2.90. The third-order valence-electron chi connectivity index (χ3n) is 3.41. The molecule has 2 atom stereocenters. The molecule has 20 heavy (non-hydrogen) atoms. The van der Waals surface area contributed by atoms with Crippen LogP contribution in [0.1, 0.15) is 57.4 Å². The summed E-state index contributed by atoms with van der Waals surface area (Å²) in [5.41, 5.74) is 5.78. The van der Waals surface area contributed by atoms with Gasteiger partial charge in [0, 0.05) is 11.3 Å². The first kappa shape index (κ1) is 17.2. The Labute approximate surface area is 127 Å². The molecule has 0 aromatic carbocycles. The molecule has 3 N–H and O–H groups in total. The summed E-state index contributed by atoms with van der Waals surface area (Å²) in [6.07, 6.45) is 3.61. The molecule has 1 rings (SSSR count). The first-order valence-corrected chi connectivity index (χ1v) is 8.47. The van der Waals surface area contributed by atoms with Crippen molar-refractivity contribution in [2.24, 2.45) is 17.6 Å². The predicted octanol–water partition coefficient (Wildman–Crippen LogP) is 3.72. The Bertz CT molecular complexity index is 376. The van der Waals surface area contributed by atoms with Gasteiger partial charge in [-0.3, -0.25) is 4.79 Å². The molecule has 1 amide bonds. The van der Waals surface area contributed by atoms with Crippen molar-refractivity contribution < 1.29 is 4.79 Å². The molecule has 0 fully saturated rings. The molecule has 0 spiro atoms. The third kappa shape index (κ3) is 6.06. The third-order valence-corrected chi connectivity index (χ3v) is 4.40. The van der Waals surface area contributed by atoms with Crippen LogP contribution in [0.15, 0.2) is 17.5 Å². The standard InChI is InChI=1S/C16H28N2OS/c1-4-6-14(15-7-5-8-20-15)18-16(19)10-13(11-17)9-12(2)3/h5,7-8,12-14H,4,6,9-11,17H2,1-3H3,(H,18,19). The average molecular weight is 296 g/mol. The zero-order valence-corrected chi connectivity index (χ0v) is 13.7. The van der Waals surface area contributed by atoms with Gasteiger partial charge >= 0.3 is 0 Å². The molecule has 0 aliphatic rings. The molecular formula is C16H28N2OS. The summed E-state index contributed by atoms with van der Waals surface area (Å²) in [4.78, 5) is 13.5. The Hall–Kier alpha value is -0.870. The summed E-state index contributed by atoms with van der Waals surface area (Å²) < 4.78 is 0. The number of nitrogens with two attached hydrogens (primary N) is 1. The van der Waals surface area contributed by atoms with Crippen LogP contribution in [0.25, 0.3) is 0 Å². The summed E-state index contributed by atoms with van der Waals surface area (Å²) in [7, 11) is 0. The van der Waals surface area contributed by atoms with Gasteiger partial charge in [-0.25, -0.2) is 0 Å². The van der Waals surface area contributed by atoms with Crippen LogP contribution in [0.2, 0.25) is 0 Å². The largest absolute Gasteiger partial charge is 0.348 e. The molecule has 0 bridgehead atoms. The summed E-state index contributed by atoms with van der Waals surface area (Å²) in [5.74, 6) is 1.01. The monoisotopic (exact) mass is 296 g/mol. The second kappa shape index (κ2) is 9.14. The topological polar surface area (TPSA) is 55.1 Å². The highest BCUT2D eigenvalue weighted by molar-refractivity contribution is 7.10. The van der Waals surface area contributed by atoms with Gasteiger partial charge in [0.2, 0.25) is 5.91 Å². The number of carbonyl (C=O) groups is 1. The van der Waals surface area contributed by atoms with E-state index >= 15 is 0 Å². The van der Waals surface area contributed by atoms with E-state index in [1.54, 1.807) is 11.3 Å². The molecule has 0 saturated carbocycles. The predicted molar refractivity (Wildman–Crippen MR) is 86.7 cm³/mol. The van der Waals surface area contributed by atoms with Crippen LogP contribution in [0.3, 0.4) is 0 Å². The van der Waals surface area contributed by atoms with E-state index in [1.165, 1.54) is 4.88 Å². The van der Waals surface area contributed by atoms with Crippen LogP contribution in [0.4, 0.5) is 0 Å². The number of hydrogen-bond donors (Lipinski definition) is 2. The van der Waals surface area contributed by atoms with E-state index in [2.05, 4.69) is 37.5 Å². The fraction of sp³-hybridized carbons (Fsp3) is 0.688. The lowest BCUT2D eigenvalue weighted by Gasteiger charge is -2.20. The van der Waals surface area contributed by atoms with Gasteiger partial charge < -0.3 is 11.1 Å². The van der Waals surface area contributed by atoms with Crippen molar-refractivity contribution in [1.29, 1.82) is 0 Å². The van der Waals surface area contributed by atoms with E-state index in [4.69, 9.17) is 5.73 Å². The fourth-order valence-electron chi connectivity index (χ4n) is 2.51.